The van der Waals surface area contributed by atoms with Gasteiger partial charge >= 0.3 is 0 Å². The van der Waals surface area contributed by atoms with Gasteiger partial charge in [-0.15, -0.1) is 0 Å². The molecule has 5 nitrogen and oxygen atoms in total. The second-order valence-electron chi connectivity index (χ2n) is 5.66. The van der Waals surface area contributed by atoms with Crippen molar-refractivity contribution >= 4 is 16.9 Å². The average Bonchev–Trinajstić information content (AvgIpc) is 3.20. The molecule has 5 heteroatoms. The molecular weight excluding hydrogens is 290 g/mol. The molecule has 3 rings (SSSR count). The minimum Gasteiger partial charge on any atom is -0.459 e. The van der Waals surface area contributed by atoms with Gasteiger partial charge in [0.2, 0.25) is 0 Å². The number of imidazole rings is 1. The van der Waals surface area contributed by atoms with Gasteiger partial charge in [-0.3, -0.25) is 4.79 Å². The first kappa shape index (κ1) is 15.3. The summed E-state index contributed by atoms with van der Waals surface area (Å²) in [7, 11) is 1.77. The number of rotatable bonds is 6. The maximum Gasteiger partial charge on any atom is 0.289 e. The number of carbonyl (C=O) groups excluding carboxylic acids is 1. The Hall–Kier alpha value is -2.56. The van der Waals surface area contributed by atoms with E-state index in [0.717, 1.165) is 36.2 Å². The first-order valence-electron chi connectivity index (χ1n) is 7.94. The fourth-order valence-corrected chi connectivity index (χ4v) is 2.68. The largest absolute Gasteiger partial charge is 0.459 e. The van der Waals surface area contributed by atoms with Gasteiger partial charge in [-0.05, 0) is 30.7 Å². The minimum atomic E-state index is -0.135. The predicted molar refractivity (Wildman–Crippen MR) is 89.1 cm³/mol. The molecule has 0 saturated heterocycles. The first-order valence-corrected chi connectivity index (χ1v) is 7.94. The molecule has 23 heavy (non-hydrogen) atoms. The Morgan fingerprint density at radius 1 is 1.26 bits per heavy atom. The van der Waals surface area contributed by atoms with Crippen LogP contribution in [0.15, 0.2) is 47.1 Å². The number of unbranched alkanes of at least 4 members (excludes halogenated alkanes) is 1. The molecule has 120 valence electrons. The van der Waals surface area contributed by atoms with Crippen molar-refractivity contribution in [2.45, 2.75) is 32.9 Å². The maximum atomic E-state index is 12.3. The molecule has 0 N–H and O–H groups in total. The zero-order valence-electron chi connectivity index (χ0n) is 13.5. The van der Waals surface area contributed by atoms with Crippen LogP contribution >= 0.6 is 0 Å². The molecule has 0 radical (unpaired) electrons. The summed E-state index contributed by atoms with van der Waals surface area (Å²) in [6.45, 7) is 3.54. The van der Waals surface area contributed by atoms with Gasteiger partial charge in [0, 0.05) is 13.6 Å². The quantitative estimate of drug-likeness (QED) is 0.697. The highest BCUT2D eigenvalue weighted by molar-refractivity contribution is 5.91. The Balaban J connectivity index is 1.88. The standard InChI is InChI=1S/C18H21N3O2/c1-3-4-11-21-15-9-6-5-8-14(15)19-17(21)13-20(2)18(22)16-10-7-12-23-16/h5-10,12H,3-4,11,13H2,1-2H3. The monoisotopic (exact) mass is 311 g/mol. The number of benzene rings is 1. The fraction of sp³-hybridized carbons (Fsp3) is 0.333. The van der Waals surface area contributed by atoms with Crippen molar-refractivity contribution in [1.29, 1.82) is 0 Å². The molecule has 0 aliphatic carbocycles. The van der Waals surface area contributed by atoms with E-state index in [1.165, 1.54) is 6.26 Å². The summed E-state index contributed by atoms with van der Waals surface area (Å²) in [6.07, 6.45) is 3.72. The van der Waals surface area contributed by atoms with E-state index in [9.17, 15) is 4.79 Å². The van der Waals surface area contributed by atoms with Crippen molar-refractivity contribution in [1.82, 2.24) is 14.5 Å². The number of fused-ring (bicyclic) bond motifs is 1. The topological polar surface area (TPSA) is 51.3 Å². The molecule has 0 saturated carbocycles. The van der Waals surface area contributed by atoms with Crippen LogP contribution in [-0.2, 0) is 13.1 Å². The van der Waals surface area contributed by atoms with Crippen molar-refractivity contribution in [2.24, 2.45) is 0 Å². The molecule has 0 atom stereocenters. The molecule has 2 aromatic heterocycles. The van der Waals surface area contributed by atoms with Gasteiger partial charge in [0.15, 0.2) is 5.76 Å². The zero-order chi connectivity index (χ0) is 16.2. The summed E-state index contributed by atoms with van der Waals surface area (Å²) < 4.78 is 7.40. The van der Waals surface area contributed by atoms with Crippen molar-refractivity contribution in [3.05, 3.63) is 54.2 Å². The summed E-state index contributed by atoms with van der Waals surface area (Å²) in [6, 6.07) is 11.5. The molecule has 0 unspecified atom stereocenters. The molecule has 3 aromatic rings. The highest BCUT2D eigenvalue weighted by Crippen LogP contribution is 2.18. The van der Waals surface area contributed by atoms with Gasteiger partial charge < -0.3 is 13.9 Å². The van der Waals surface area contributed by atoms with Gasteiger partial charge in [0.1, 0.15) is 5.82 Å². The first-order chi connectivity index (χ1) is 11.2. The summed E-state index contributed by atoms with van der Waals surface area (Å²) in [5, 5.41) is 0. The lowest BCUT2D eigenvalue weighted by Crippen LogP contribution is -2.27. The Kier molecular flexibility index (Phi) is 4.46. The van der Waals surface area contributed by atoms with Gasteiger partial charge in [0.05, 0.1) is 23.8 Å². The maximum absolute atomic E-state index is 12.3. The average molecular weight is 311 g/mol. The minimum absolute atomic E-state index is 0.135. The highest BCUT2D eigenvalue weighted by Gasteiger charge is 2.18. The van der Waals surface area contributed by atoms with Crippen LogP contribution in [-0.4, -0.2) is 27.4 Å². The van der Waals surface area contributed by atoms with E-state index < -0.39 is 0 Å². The summed E-state index contributed by atoms with van der Waals surface area (Å²) in [4.78, 5) is 18.7. The van der Waals surface area contributed by atoms with Crippen molar-refractivity contribution < 1.29 is 9.21 Å². The van der Waals surface area contributed by atoms with Crippen LogP contribution in [0.25, 0.3) is 11.0 Å². The van der Waals surface area contributed by atoms with Gasteiger partial charge in [-0.2, -0.15) is 0 Å². The SMILES string of the molecule is CCCCn1c(CN(C)C(=O)c2ccco2)nc2ccccc21. The molecule has 0 fully saturated rings. The smallest absolute Gasteiger partial charge is 0.289 e. The number of para-hydroxylation sites is 2. The predicted octanol–water partition coefficient (Wildman–Crippen LogP) is 3.70. The van der Waals surface area contributed by atoms with Gasteiger partial charge in [-0.25, -0.2) is 4.98 Å². The van der Waals surface area contributed by atoms with Crippen LogP contribution in [0.3, 0.4) is 0 Å². The van der Waals surface area contributed by atoms with E-state index in [1.54, 1.807) is 24.1 Å². The van der Waals surface area contributed by atoms with Gasteiger partial charge in [0.25, 0.3) is 5.91 Å². The number of amides is 1. The Labute approximate surface area is 135 Å². The number of aryl methyl sites for hydroxylation is 1. The van der Waals surface area contributed by atoms with Crippen LogP contribution in [0.2, 0.25) is 0 Å². The fourth-order valence-electron chi connectivity index (χ4n) is 2.68. The Morgan fingerprint density at radius 2 is 2.09 bits per heavy atom. The van der Waals surface area contributed by atoms with Crippen LogP contribution in [0, 0.1) is 0 Å². The van der Waals surface area contributed by atoms with E-state index in [4.69, 9.17) is 9.40 Å². The van der Waals surface area contributed by atoms with E-state index in [0.29, 0.717) is 12.3 Å². The van der Waals surface area contributed by atoms with Crippen LogP contribution < -0.4 is 0 Å². The highest BCUT2D eigenvalue weighted by atomic mass is 16.3. The second-order valence-corrected chi connectivity index (χ2v) is 5.66. The Bertz CT molecular complexity index is 790. The second kappa shape index (κ2) is 6.69. The number of nitrogens with zero attached hydrogens (tertiary/aromatic N) is 3. The van der Waals surface area contributed by atoms with Crippen molar-refractivity contribution in [3.63, 3.8) is 0 Å². The van der Waals surface area contributed by atoms with E-state index in [2.05, 4.69) is 17.6 Å². The number of furan rings is 1. The third-order valence-electron chi connectivity index (χ3n) is 3.93. The van der Waals surface area contributed by atoms with Gasteiger partial charge in [-0.1, -0.05) is 25.5 Å². The number of hydrogen-bond donors (Lipinski definition) is 0. The van der Waals surface area contributed by atoms with Crippen molar-refractivity contribution in [2.75, 3.05) is 7.05 Å². The summed E-state index contributed by atoms with van der Waals surface area (Å²) in [5.41, 5.74) is 2.09. The number of hydrogen-bond acceptors (Lipinski definition) is 3. The molecule has 0 bridgehead atoms. The van der Waals surface area contributed by atoms with Crippen molar-refractivity contribution in [3.8, 4) is 0 Å². The Morgan fingerprint density at radius 3 is 2.83 bits per heavy atom. The summed E-state index contributed by atoms with van der Waals surface area (Å²) >= 11 is 0. The lowest BCUT2D eigenvalue weighted by molar-refractivity contribution is 0.0748. The molecule has 1 amide bonds. The van der Waals surface area contributed by atoms with E-state index in [1.807, 2.05) is 18.2 Å². The normalized spacial score (nSPS) is 11.0. The van der Waals surface area contributed by atoms with E-state index in [-0.39, 0.29) is 5.91 Å². The lowest BCUT2D eigenvalue weighted by atomic mass is 10.3. The van der Waals surface area contributed by atoms with Crippen LogP contribution in [0.4, 0.5) is 0 Å². The molecule has 2 heterocycles. The molecule has 0 aliphatic rings. The molecule has 0 aliphatic heterocycles. The number of carbonyl (C=O) groups is 1. The van der Waals surface area contributed by atoms with Crippen LogP contribution in [0.1, 0.15) is 36.1 Å². The molecule has 1 aromatic carbocycles. The summed E-state index contributed by atoms with van der Waals surface area (Å²) in [5.74, 6) is 1.12. The molecular formula is C18H21N3O2. The number of aromatic nitrogens is 2. The van der Waals surface area contributed by atoms with E-state index >= 15 is 0 Å². The zero-order valence-corrected chi connectivity index (χ0v) is 13.5. The molecule has 0 spiro atoms. The van der Waals surface area contributed by atoms with Crippen LogP contribution in [0.5, 0.6) is 0 Å². The third-order valence-corrected chi connectivity index (χ3v) is 3.93. The lowest BCUT2D eigenvalue weighted by Gasteiger charge is -2.16. The third kappa shape index (κ3) is 3.13.